The zero-order valence-electron chi connectivity index (χ0n) is 25.6. The molecule has 2 saturated carbocycles. The second-order valence-corrected chi connectivity index (χ2v) is 12.8. The van der Waals surface area contributed by atoms with Crippen molar-refractivity contribution in [1.29, 1.82) is 0 Å². The lowest BCUT2D eigenvalue weighted by atomic mass is 9.66. The maximum Gasteiger partial charge on any atom is 0.409 e. The molecule has 45 heavy (non-hydrogen) atoms. The van der Waals surface area contributed by atoms with E-state index in [9.17, 15) is 32.3 Å². The quantitative estimate of drug-likeness (QED) is 0.365. The first kappa shape index (κ1) is 32.3. The van der Waals surface area contributed by atoms with Crippen LogP contribution >= 0.6 is 0 Å². The summed E-state index contributed by atoms with van der Waals surface area (Å²) in [5, 5.41) is 12.0. The predicted octanol–water partition coefficient (Wildman–Crippen LogP) is 3.76. The van der Waals surface area contributed by atoms with E-state index in [0.717, 1.165) is 32.1 Å². The largest absolute Gasteiger partial charge is 0.453 e. The summed E-state index contributed by atoms with van der Waals surface area (Å²) in [6, 6.07) is 7.06. The number of methoxy groups -OCH3 is 1. The molecular formula is C31H39F3N6O5. The fourth-order valence-corrected chi connectivity index (χ4v) is 6.79. The molecule has 3 atom stereocenters. The van der Waals surface area contributed by atoms with Crippen molar-refractivity contribution in [3.63, 3.8) is 0 Å². The van der Waals surface area contributed by atoms with E-state index in [0.29, 0.717) is 22.9 Å². The zero-order chi connectivity index (χ0) is 32.6. The van der Waals surface area contributed by atoms with E-state index in [2.05, 4.69) is 22.7 Å². The number of amides is 4. The van der Waals surface area contributed by atoms with Gasteiger partial charge >= 0.3 is 12.3 Å². The maximum absolute atomic E-state index is 13.9. The molecule has 2 unspecified atom stereocenters. The molecule has 4 amide bonds. The number of likely N-dealkylation sites (tertiary alicyclic amines) is 1. The van der Waals surface area contributed by atoms with Crippen LogP contribution in [0.4, 0.5) is 23.7 Å². The molecule has 2 heterocycles. The van der Waals surface area contributed by atoms with E-state index >= 15 is 0 Å². The number of halogens is 3. The van der Waals surface area contributed by atoms with Crippen LogP contribution in [0.3, 0.4) is 0 Å². The summed E-state index contributed by atoms with van der Waals surface area (Å²) in [7, 11) is 2.84. The van der Waals surface area contributed by atoms with Crippen LogP contribution in [0.5, 0.6) is 0 Å². The van der Waals surface area contributed by atoms with Crippen molar-refractivity contribution in [3.8, 4) is 0 Å². The molecule has 3 N–H and O–H groups in total. The molecule has 11 nitrogen and oxygen atoms in total. The lowest BCUT2D eigenvalue weighted by molar-refractivity contribution is -0.141. The van der Waals surface area contributed by atoms with Gasteiger partial charge in [0.25, 0.3) is 5.91 Å². The van der Waals surface area contributed by atoms with Crippen molar-refractivity contribution in [1.82, 2.24) is 25.3 Å². The summed E-state index contributed by atoms with van der Waals surface area (Å²) in [6.07, 6.45) is 1.29. The van der Waals surface area contributed by atoms with Crippen molar-refractivity contribution in [2.24, 2.45) is 24.3 Å². The van der Waals surface area contributed by atoms with Gasteiger partial charge in [0.2, 0.25) is 11.8 Å². The number of nitrogens with one attached hydrogen (secondary N) is 3. The number of aryl methyl sites for hydroxylation is 1. The minimum absolute atomic E-state index is 0.0638. The van der Waals surface area contributed by atoms with Crippen LogP contribution in [0.2, 0.25) is 0 Å². The second-order valence-electron chi connectivity index (χ2n) is 12.8. The van der Waals surface area contributed by atoms with Crippen molar-refractivity contribution in [3.05, 3.63) is 47.8 Å². The number of anilines is 1. The van der Waals surface area contributed by atoms with E-state index < -0.39 is 42.1 Å². The Morgan fingerprint density at radius 2 is 1.78 bits per heavy atom. The normalized spacial score (nSPS) is 22.1. The average molecular weight is 633 g/mol. The number of ether oxygens (including phenoxy) is 1. The van der Waals surface area contributed by atoms with Crippen molar-refractivity contribution in [2.45, 2.75) is 63.1 Å². The Morgan fingerprint density at radius 1 is 1.09 bits per heavy atom. The summed E-state index contributed by atoms with van der Waals surface area (Å²) in [5.74, 6) is -1.40. The highest BCUT2D eigenvalue weighted by Crippen LogP contribution is 2.58. The minimum atomic E-state index is -4.61. The van der Waals surface area contributed by atoms with Crippen LogP contribution in [-0.2, 0) is 26.8 Å². The third-order valence-electron chi connectivity index (χ3n) is 9.77. The zero-order valence-corrected chi connectivity index (χ0v) is 25.6. The standard InChI is InChI=1S/C31H39F3N6O5/c1-29(12-13-29)23(19-5-4-6-19)24(38-25(41)22-11-15-36-39(22)2)26(42)37-21-9-7-20(8-10-21)30(27(43)35-17-31(32,33)34)14-16-40(18-30)28(44)45-3/h7-11,15,19,23-24H,4-6,12-14,16-18H2,1-3H3,(H,35,43)(H,37,42)(H,38,41)/t23?,24-,30?/m0/s1. The summed E-state index contributed by atoms with van der Waals surface area (Å²) in [6.45, 7) is 0.597. The van der Waals surface area contributed by atoms with Gasteiger partial charge in [-0.05, 0) is 60.3 Å². The van der Waals surface area contributed by atoms with Gasteiger partial charge in [-0.3, -0.25) is 19.1 Å². The minimum Gasteiger partial charge on any atom is -0.453 e. The molecule has 1 aliphatic heterocycles. The fraction of sp³-hybridized carbons (Fsp3) is 0.581. The highest BCUT2D eigenvalue weighted by Gasteiger charge is 2.54. The number of hydrogen-bond acceptors (Lipinski definition) is 6. The summed E-state index contributed by atoms with van der Waals surface area (Å²) < 4.78 is 45.1. The third kappa shape index (κ3) is 6.79. The molecule has 3 aliphatic rings. The van der Waals surface area contributed by atoms with Gasteiger partial charge < -0.3 is 25.6 Å². The second kappa shape index (κ2) is 12.4. The van der Waals surface area contributed by atoms with Crippen LogP contribution in [0.15, 0.2) is 36.5 Å². The van der Waals surface area contributed by atoms with Gasteiger partial charge in [0.05, 0.1) is 12.5 Å². The van der Waals surface area contributed by atoms with E-state index in [1.807, 2.05) is 5.32 Å². The first-order valence-electron chi connectivity index (χ1n) is 15.1. The number of hydrogen-bond donors (Lipinski definition) is 3. The van der Waals surface area contributed by atoms with Crippen LogP contribution < -0.4 is 16.0 Å². The van der Waals surface area contributed by atoms with Gasteiger partial charge in [0, 0.05) is 32.0 Å². The lowest BCUT2D eigenvalue weighted by Gasteiger charge is -2.42. The van der Waals surface area contributed by atoms with Crippen LogP contribution in [-0.4, -0.2) is 77.5 Å². The van der Waals surface area contributed by atoms with Gasteiger partial charge in [0.1, 0.15) is 18.3 Å². The molecule has 1 aromatic heterocycles. The number of alkyl halides is 3. The Balaban J connectivity index is 1.38. The number of nitrogens with zero attached hydrogens (tertiary/aromatic N) is 3. The van der Waals surface area contributed by atoms with Crippen molar-refractivity contribution >= 4 is 29.5 Å². The highest BCUT2D eigenvalue weighted by atomic mass is 19.4. The number of carbonyl (C=O) groups is 4. The van der Waals surface area contributed by atoms with Crippen molar-refractivity contribution in [2.75, 3.05) is 32.1 Å². The van der Waals surface area contributed by atoms with Gasteiger partial charge in [-0.2, -0.15) is 18.3 Å². The molecule has 244 valence electrons. The Hall–Kier alpha value is -4.10. The molecule has 5 rings (SSSR count). The molecule has 0 radical (unpaired) electrons. The van der Waals surface area contributed by atoms with Gasteiger partial charge in [-0.25, -0.2) is 4.79 Å². The van der Waals surface area contributed by atoms with E-state index in [1.165, 1.54) is 22.9 Å². The summed E-state index contributed by atoms with van der Waals surface area (Å²) >= 11 is 0. The van der Waals surface area contributed by atoms with Gasteiger partial charge in [-0.15, -0.1) is 0 Å². The Labute approximate surface area is 259 Å². The van der Waals surface area contributed by atoms with Crippen LogP contribution in [0.1, 0.15) is 61.5 Å². The van der Waals surface area contributed by atoms with Crippen LogP contribution in [0.25, 0.3) is 0 Å². The number of aromatic nitrogens is 2. The molecule has 0 spiro atoms. The Bertz CT molecular complexity index is 1440. The van der Waals surface area contributed by atoms with Crippen molar-refractivity contribution < 1.29 is 37.1 Å². The monoisotopic (exact) mass is 632 g/mol. The molecular weight excluding hydrogens is 593 g/mol. The smallest absolute Gasteiger partial charge is 0.409 e. The molecule has 2 aromatic rings. The summed E-state index contributed by atoms with van der Waals surface area (Å²) in [5.41, 5.74) is -0.397. The predicted molar refractivity (Wildman–Crippen MR) is 157 cm³/mol. The SMILES string of the molecule is COC(=O)N1CCC(C(=O)NCC(F)(F)F)(c2ccc(NC(=O)[C@@H](NC(=O)c3ccnn3C)C(C3CCC3)C3(C)CC3)cc2)C1. The van der Waals surface area contributed by atoms with Crippen LogP contribution in [0, 0.1) is 17.3 Å². The Kier molecular flexibility index (Phi) is 8.87. The highest BCUT2D eigenvalue weighted by molar-refractivity contribution is 6.01. The number of rotatable bonds is 10. The Morgan fingerprint density at radius 3 is 2.31 bits per heavy atom. The molecule has 1 aromatic carbocycles. The summed E-state index contributed by atoms with van der Waals surface area (Å²) in [4.78, 5) is 53.9. The van der Waals surface area contributed by atoms with Gasteiger partial charge in [0.15, 0.2) is 0 Å². The molecule has 14 heteroatoms. The maximum atomic E-state index is 13.9. The first-order chi connectivity index (χ1) is 21.3. The number of carbonyl (C=O) groups excluding carboxylic acids is 4. The molecule has 2 aliphatic carbocycles. The van der Waals surface area contributed by atoms with E-state index in [-0.39, 0.29) is 36.8 Å². The van der Waals surface area contributed by atoms with E-state index in [4.69, 9.17) is 4.74 Å². The molecule has 1 saturated heterocycles. The topological polar surface area (TPSA) is 135 Å². The molecule has 0 bridgehead atoms. The number of benzene rings is 1. The fourth-order valence-electron chi connectivity index (χ4n) is 6.79. The van der Waals surface area contributed by atoms with E-state index in [1.54, 1.807) is 37.4 Å². The average Bonchev–Trinajstić information content (AvgIpc) is 3.34. The molecule has 3 fully saturated rings. The lowest BCUT2D eigenvalue weighted by Crippen LogP contribution is -2.54. The van der Waals surface area contributed by atoms with Gasteiger partial charge in [-0.1, -0.05) is 38.3 Å². The first-order valence-corrected chi connectivity index (χ1v) is 15.1. The third-order valence-corrected chi connectivity index (χ3v) is 9.77.